The molecule has 1 heterocycles. The number of carbonyl (C=O) groups is 1. The number of para-hydroxylation sites is 1. The van der Waals surface area contributed by atoms with E-state index in [0.717, 1.165) is 5.56 Å². The molecule has 24 heavy (non-hydrogen) atoms. The van der Waals surface area contributed by atoms with Crippen molar-refractivity contribution in [2.24, 2.45) is 5.92 Å². The van der Waals surface area contributed by atoms with Crippen LogP contribution in [0.1, 0.15) is 25.2 Å². The van der Waals surface area contributed by atoms with E-state index in [4.69, 9.17) is 4.74 Å². The molecular weight excluding hydrogens is 306 g/mol. The molecule has 0 fully saturated rings. The van der Waals surface area contributed by atoms with Crippen molar-refractivity contribution in [3.05, 3.63) is 48.0 Å². The molecule has 1 amide bonds. The van der Waals surface area contributed by atoms with Crippen LogP contribution >= 0.6 is 0 Å². The fourth-order valence-corrected chi connectivity index (χ4v) is 2.43. The maximum absolute atomic E-state index is 13.0. The van der Waals surface area contributed by atoms with E-state index in [1.807, 2.05) is 45.0 Å². The van der Waals surface area contributed by atoms with E-state index in [0.29, 0.717) is 18.1 Å². The van der Waals surface area contributed by atoms with Crippen molar-refractivity contribution in [2.75, 3.05) is 13.2 Å². The molecule has 1 unspecified atom stereocenters. The molecule has 0 aliphatic heterocycles. The van der Waals surface area contributed by atoms with Gasteiger partial charge < -0.3 is 19.7 Å². The van der Waals surface area contributed by atoms with Crippen LogP contribution in [0.5, 0.6) is 5.75 Å². The van der Waals surface area contributed by atoms with Gasteiger partial charge >= 0.3 is 0 Å². The zero-order valence-corrected chi connectivity index (χ0v) is 14.4. The number of hydrogen-bond donors (Lipinski definition) is 2. The minimum absolute atomic E-state index is 0.00472. The van der Waals surface area contributed by atoms with Gasteiger partial charge in [-0.2, -0.15) is 0 Å². The highest BCUT2D eigenvalue weighted by atomic mass is 16.5. The van der Waals surface area contributed by atoms with Crippen molar-refractivity contribution in [2.45, 2.75) is 33.4 Å². The first kappa shape index (κ1) is 18.0. The molecule has 2 N–H and O–H groups in total. The summed E-state index contributed by atoms with van der Waals surface area (Å²) in [6.45, 7) is 6.29. The topological polar surface area (TPSA) is 78.4 Å². The van der Waals surface area contributed by atoms with Crippen molar-refractivity contribution >= 4 is 5.91 Å². The lowest BCUT2D eigenvalue weighted by atomic mass is 10.1. The molecule has 0 saturated heterocycles. The van der Waals surface area contributed by atoms with Crippen molar-refractivity contribution < 1.29 is 14.6 Å². The Kier molecular flexibility index (Phi) is 6.37. The van der Waals surface area contributed by atoms with Crippen LogP contribution in [-0.4, -0.2) is 45.1 Å². The third kappa shape index (κ3) is 4.58. The fourth-order valence-electron chi connectivity index (χ4n) is 2.43. The molecule has 0 aliphatic rings. The largest absolute Gasteiger partial charge is 0.480 e. The normalized spacial score (nSPS) is 12.2. The van der Waals surface area contributed by atoms with Gasteiger partial charge in [0.25, 0.3) is 5.91 Å². The molecule has 0 radical (unpaired) electrons. The molecule has 1 atom stereocenters. The molecule has 0 spiro atoms. The number of hydrogen-bond acceptors (Lipinski definition) is 4. The highest BCUT2D eigenvalue weighted by molar-refractivity contribution is 5.81. The standard InChI is InChI=1S/C18H25N3O3/c1-13(2)17(24-15-7-5-4-6-14(15)3)18(23)21(10-11-22)12-16-19-8-9-20-16/h4-9,13,17,22H,10-12H2,1-3H3,(H,19,20). The van der Waals surface area contributed by atoms with Gasteiger partial charge in [-0.25, -0.2) is 4.98 Å². The van der Waals surface area contributed by atoms with Gasteiger partial charge in [0.2, 0.25) is 0 Å². The molecule has 0 saturated carbocycles. The summed E-state index contributed by atoms with van der Waals surface area (Å²) < 4.78 is 6.01. The first-order valence-corrected chi connectivity index (χ1v) is 8.13. The summed E-state index contributed by atoms with van der Waals surface area (Å²) in [5, 5.41) is 9.30. The van der Waals surface area contributed by atoms with Crippen LogP contribution in [0.15, 0.2) is 36.7 Å². The van der Waals surface area contributed by atoms with Gasteiger partial charge in [0, 0.05) is 18.9 Å². The number of aliphatic hydroxyl groups is 1. The molecular formula is C18H25N3O3. The van der Waals surface area contributed by atoms with Gasteiger partial charge in [-0.15, -0.1) is 0 Å². The van der Waals surface area contributed by atoms with Gasteiger partial charge in [-0.05, 0) is 24.5 Å². The van der Waals surface area contributed by atoms with E-state index in [2.05, 4.69) is 9.97 Å². The number of aliphatic hydroxyl groups excluding tert-OH is 1. The molecule has 0 aliphatic carbocycles. The van der Waals surface area contributed by atoms with Gasteiger partial charge in [-0.3, -0.25) is 4.79 Å². The van der Waals surface area contributed by atoms with Crippen LogP contribution in [0.4, 0.5) is 0 Å². The SMILES string of the molecule is Cc1ccccc1OC(C(=O)N(CCO)Cc1ncc[nH]1)C(C)C. The number of aromatic nitrogens is 2. The average molecular weight is 331 g/mol. The molecule has 2 aromatic rings. The number of imidazole rings is 1. The Hall–Kier alpha value is -2.34. The third-order valence-electron chi connectivity index (χ3n) is 3.77. The Morgan fingerprint density at radius 3 is 2.71 bits per heavy atom. The van der Waals surface area contributed by atoms with E-state index >= 15 is 0 Å². The van der Waals surface area contributed by atoms with Crippen molar-refractivity contribution in [1.82, 2.24) is 14.9 Å². The van der Waals surface area contributed by atoms with Crippen LogP contribution in [0.25, 0.3) is 0 Å². The summed E-state index contributed by atoms with van der Waals surface area (Å²) >= 11 is 0. The van der Waals surface area contributed by atoms with Crippen LogP contribution in [0.3, 0.4) is 0 Å². The Labute approximate surface area is 142 Å². The van der Waals surface area contributed by atoms with Crippen LogP contribution in [-0.2, 0) is 11.3 Å². The molecule has 0 bridgehead atoms. The number of nitrogens with one attached hydrogen (secondary N) is 1. The second kappa shape index (κ2) is 8.49. The number of aryl methyl sites for hydroxylation is 1. The zero-order chi connectivity index (χ0) is 17.5. The number of amides is 1. The minimum Gasteiger partial charge on any atom is -0.480 e. The van der Waals surface area contributed by atoms with Crippen LogP contribution < -0.4 is 4.74 Å². The summed E-state index contributed by atoms with van der Waals surface area (Å²) in [6, 6.07) is 7.63. The molecule has 6 heteroatoms. The number of ether oxygens (including phenoxy) is 1. The van der Waals surface area contributed by atoms with E-state index in [1.54, 1.807) is 17.3 Å². The summed E-state index contributed by atoms with van der Waals surface area (Å²) in [5.74, 6) is 1.22. The van der Waals surface area contributed by atoms with E-state index in [1.165, 1.54) is 0 Å². The lowest BCUT2D eigenvalue weighted by Crippen LogP contribution is -2.45. The smallest absolute Gasteiger partial charge is 0.264 e. The van der Waals surface area contributed by atoms with Crippen molar-refractivity contribution in [1.29, 1.82) is 0 Å². The van der Waals surface area contributed by atoms with Crippen molar-refractivity contribution in [3.8, 4) is 5.75 Å². The zero-order valence-electron chi connectivity index (χ0n) is 14.4. The van der Waals surface area contributed by atoms with Gasteiger partial charge in [-0.1, -0.05) is 32.0 Å². The van der Waals surface area contributed by atoms with Gasteiger partial charge in [0.1, 0.15) is 11.6 Å². The molecule has 1 aromatic carbocycles. The second-order valence-electron chi connectivity index (χ2n) is 6.07. The van der Waals surface area contributed by atoms with E-state index < -0.39 is 6.10 Å². The lowest BCUT2D eigenvalue weighted by molar-refractivity contribution is -0.142. The maximum Gasteiger partial charge on any atom is 0.264 e. The third-order valence-corrected chi connectivity index (χ3v) is 3.77. The van der Waals surface area contributed by atoms with Crippen LogP contribution in [0.2, 0.25) is 0 Å². The van der Waals surface area contributed by atoms with Gasteiger partial charge in [0.05, 0.1) is 13.2 Å². The summed E-state index contributed by atoms with van der Waals surface area (Å²) in [7, 11) is 0. The summed E-state index contributed by atoms with van der Waals surface area (Å²) in [4.78, 5) is 21.7. The first-order chi connectivity index (χ1) is 11.5. The number of nitrogens with zero attached hydrogens (tertiary/aromatic N) is 2. The Morgan fingerprint density at radius 2 is 2.12 bits per heavy atom. The second-order valence-corrected chi connectivity index (χ2v) is 6.07. The van der Waals surface area contributed by atoms with E-state index in [-0.39, 0.29) is 25.0 Å². The number of rotatable bonds is 8. The minimum atomic E-state index is -0.618. The van der Waals surface area contributed by atoms with Gasteiger partial charge in [0.15, 0.2) is 6.10 Å². The molecule has 130 valence electrons. The fraction of sp³-hybridized carbons (Fsp3) is 0.444. The summed E-state index contributed by atoms with van der Waals surface area (Å²) in [5.41, 5.74) is 0.982. The number of H-pyrrole nitrogens is 1. The molecule has 1 aromatic heterocycles. The maximum atomic E-state index is 13.0. The Morgan fingerprint density at radius 1 is 1.38 bits per heavy atom. The highest BCUT2D eigenvalue weighted by Crippen LogP contribution is 2.22. The van der Waals surface area contributed by atoms with Crippen molar-refractivity contribution in [3.63, 3.8) is 0 Å². The average Bonchev–Trinajstić information content (AvgIpc) is 3.06. The quantitative estimate of drug-likeness (QED) is 0.777. The van der Waals surface area contributed by atoms with Crippen LogP contribution in [0, 0.1) is 12.8 Å². The lowest BCUT2D eigenvalue weighted by Gasteiger charge is -2.29. The summed E-state index contributed by atoms with van der Waals surface area (Å²) in [6.07, 6.45) is 2.73. The number of benzene rings is 1. The predicted octanol–water partition coefficient (Wildman–Crippen LogP) is 2.14. The predicted molar refractivity (Wildman–Crippen MR) is 91.5 cm³/mol. The first-order valence-electron chi connectivity index (χ1n) is 8.13. The Bertz CT molecular complexity index is 641. The van der Waals surface area contributed by atoms with E-state index in [9.17, 15) is 9.90 Å². The Balaban J connectivity index is 2.17. The monoisotopic (exact) mass is 331 g/mol. The molecule has 6 nitrogen and oxygen atoms in total. The molecule has 2 rings (SSSR count). The highest BCUT2D eigenvalue weighted by Gasteiger charge is 2.29. The number of carbonyl (C=O) groups excluding carboxylic acids is 1. The number of aromatic amines is 1.